The zero-order chi connectivity index (χ0) is 16.6. The summed E-state index contributed by atoms with van der Waals surface area (Å²) in [5, 5.41) is 3.05. The number of carbonyl (C=O) groups is 1. The highest BCUT2D eigenvalue weighted by molar-refractivity contribution is 5.95. The largest absolute Gasteiger partial charge is 0.329 e. The van der Waals surface area contributed by atoms with E-state index in [9.17, 15) is 4.79 Å². The van der Waals surface area contributed by atoms with E-state index in [0.717, 1.165) is 38.2 Å². The number of amides is 1. The first-order chi connectivity index (χ1) is 10.5. The summed E-state index contributed by atoms with van der Waals surface area (Å²) in [4.78, 5) is 14.9. The molecule has 1 amide bonds. The molecule has 0 unspecified atom stereocenters. The number of hydrogen-bond acceptors (Lipinski definition) is 3. The number of nitrogens with two attached hydrogens (primary N) is 1. The van der Waals surface area contributed by atoms with Gasteiger partial charge >= 0.3 is 0 Å². The SMILES string of the molecule is CCN(CC)Cc1cccc(NC(=O)C(CC)(CC)CN)c1. The molecule has 0 atom stereocenters. The first-order valence-electron chi connectivity index (χ1n) is 8.38. The average Bonchev–Trinajstić information content (AvgIpc) is 2.55. The highest BCUT2D eigenvalue weighted by Gasteiger charge is 2.33. The van der Waals surface area contributed by atoms with E-state index in [1.807, 2.05) is 26.0 Å². The molecule has 1 rings (SSSR count). The maximum absolute atomic E-state index is 12.6. The summed E-state index contributed by atoms with van der Waals surface area (Å²) in [7, 11) is 0. The molecule has 0 saturated carbocycles. The van der Waals surface area contributed by atoms with Crippen LogP contribution in [0.5, 0.6) is 0 Å². The summed E-state index contributed by atoms with van der Waals surface area (Å²) in [5.41, 5.74) is 7.46. The Balaban J connectivity index is 2.84. The van der Waals surface area contributed by atoms with Crippen molar-refractivity contribution in [2.75, 3.05) is 25.0 Å². The van der Waals surface area contributed by atoms with Crippen LogP contribution in [-0.2, 0) is 11.3 Å². The fraction of sp³-hybridized carbons (Fsp3) is 0.611. The van der Waals surface area contributed by atoms with Crippen LogP contribution in [-0.4, -0.2) is 30.4 Å². The summed E-state index contributed by atoms with van der Waals surface area (Å²) in [6.07, 6.45) is 1.51. The zero-order valence-corrected chi connectivity index (χ0v) is 14.5. The Morgan fingerprint density at radius 3 is 2.32 bits per heavy atom. The summed E-state index contributed by atoms with van der Waals surface area (Å²) in [6, 6.07) is 8.10. The number of nitrogens with one attached hydrogen (secondary N) is 1. The number of benzene rings is 1. The van der Waals surface area contributed by atoms with Crippen LogP contribution in [0.3, 0.4) is 0 Å². The van der Waals surface area contributed by atoms with Gasteiger partial charge in [0, 0.05) is 18.8 Å². The molecule has 0 heterocycles. The maximum Gasteiger partial charge on any atom is 0.231 e. The van der Waals surface area contributed by atoms with Gasteiger partial charge in [-0.05, 0) is 43.6 Å². The lowest BCUT2D eigenvalue weighted by Gasteiger charge is -2.28. The number of rotatable bonds is 9. The minimum Gasteiger partial charge on any atom is -0.329 e. The van der Waals surface area contributed by atoms with Gasteiger partial charge in [-0.3, -0.25) is 9.69 Å². The molecule has 124 valence electrons. The topological polar surface area (TPSA) is 58.4 Å². The Hall–Kier alpha value is -1.39. The minimum atomic E-state index is -0.463. The van der Waals surface area contributed by atoms with Crippen molar-refractivity contribution in [1.82, 2.24) is 4.90 Å². The van der Waals surface area contributed by atoms with Crippen molar-refractivity contribution in [3.63, 3.8) is 0 Å². The van der Waals surface area contributed by atoms with Crippen LogP contribution >= 0.6 is 0 Å². The molecule has 1 aromatic carbocycles. The van der Waals surface area contributed by atoms with Gasteiger partial charge in [-0.2, -0.15) is 0 Å². The summed E-state index contributed by atoms with van der Waals surface area (Å²) >= 11 is 0. The van der Waals surface area contributed by atoms with Gasteiger partial charge in [0.1, 0.15) is 0 Å². The molecule has 3 N–H and O–H groups in total. The van der Waals surface area contributed by atoms with Crippen molar-refractivity contribution >= 4 is 11.6 Å². The average molecular weight is 305 g/mol. The van der Waals surface area contributed by atoms with Crippen LogP contribution in [0.15, 0.2) is 24.3 Å². The van der Waals surface area contributed by atoms with Crippen molar-refractivity contribution in [2.45, 2.75) is 47.1 Å². The van der Waals surface area contributed by atoms with E-state index in [-0.39, 0.29) is 5.91 Å². The Labute approximate surface area is 135 Å². The Kier molecular flexibility index (Phi) is 7.56. The van der Waals surface area contributed by atoms with E-state index < -0.39 is 5.41 Å². The van der Waals surface area contributed by atoms with Crippen molar-refractivity contribution in [2.24, 2.45) is 11.1 Å². The number of nitrogens with zero attached hydrogens (tertiary/aromatic N) is 1. The lowest BCUT2D eigenvalue weighted by molar-refractivity contribution is -0.125. The molecule has 0 fully saturated rings. The second kappa shape index (κ2) is 8.91. The number of carbonyl (C=O) groups excluding carboxylic acids is 1. The third-order valence-electron chi connectivity index (χ3n) is 4.71. The van der Waals surface area contributed by atoms with E-state index in [4.69, 9.17) is 5.73 Å². The standard InChI is InChI=1S/C18H31N3O/c1-5-18(6-2,14-19)17(22)20-16-11-9-10-15(12-16)13-21(7-3)8-4/h9-12H,5-8,13-14,19H2,1-4H3,(H,20,22). The van der Waals surface area contributed by atoms with Gasteiger partial charge in [-0.1, -0.05) is 39.8 Å². The fourth-order valence-electron chi connectivity index (χ4n) is 2.67. The second-order valence-electron chi connectivity index (χ2n) is 5.81. The summed E-state index contributed by atoms with van der Waals surface area (Å²) < 4.78 is 0. The number of hydrogen-bond donors (Lipinski definition) is 2. The van der Waals surface area contributed by atoms with E-state index in [1.54, 1.807) is 0 Å². The maximum atomic E-state index is 12.6. The van der Waals surface area contributed by atoms with Gasteiger partial charge in [0.05, 0.1) is 5.41 Å². The van der Waals surface area contributed by atoms with Gasteiger partial charge in [0.15, 0.2) is 0 Å². The summed E-state index contributed by atoms with van der Waals surface area (Å²) in [6.45, 7) is 11.7. The third-order valence-corrected chi connectivity index (χ3v) is 4.71. The molecular weight excluding hydrogens is 274 g/mol. The van der Waals surface area contributed by atoms with Gasteiger partial charge < -0.3 is 11.1 Å². The predicted molar refractivity (Wildman–Crippen MR) is 93.8 cm³/mol. The van der Waals surface area contributed by atoms with Crippen LogP contribution in [0.4, 0.5) is 5.69 Å². The molecule has 0 bridgehead atoms. The first-order valence-corrected chi connectivity index (χ1v) is 8.38. The zero-order valence-electron chi connectivity index (χ0n) is 14.5. The third kappa shape index (κ3) is 4.55. The minimum absolute atomic E-state index is 0.0278. The molecule has 0 spiro atoms. The highest BCUT2D eigenvalue weighted by Crippen LogP contribution is 2.27. The van der Waals surface area contributed by atoms with E-state index in [0.29, 0.717) is 6.54 Å². The fourth-order valence-corrected chi connectivity index (χ4v) is 2.67. The van der Waals surface area contributed by atoms with Crippen molar-refractivity contribution in [3.05, 3.63) is 29.8 Å². The molecule has 4 heteroatoms. The quantitative estimate of drug-likeness (QED) is 0.736. The lowest BCUT2D eigenvalue weighted by Crippen LogP contribution is -2.41. The van der Waals surface area contributed by atoms with Crippen LogP contribution in [0.1, 0.15) is 46.1 Å². The Morgan fingerprint density at radius 2 is 1.82 bits per heavy atom. The van der Waals surface area contributed by atoms with Gasteiger partial charge in [-0.15, -0.1) is 0 Å². The van der Waals surface area contributed by atoms with Crippen LogP contribution < -0.4 is 11.1 Å². The van der Waals surface area contributed by atoms with E-state index in [1.165, 1.54) is 5.56 Å². The monoisotopic (exact) mass is 305 g/mol. The van der Waals surface area contributed by atoms with Crippen LogP contribution in [0, 0.1) is 5.41 Å². The molecular formula is C18H31N3O. The normalized spacial score (nSPS) is 11.7. The van der Waals surface area contributed by atoms with Gasteiger partial charge in [-0.25, -0.2) is 0 Å². The predicted octanol–water partition coefficient (Wildman–Crippen LogP) is 3.23. The lowest BCUT2D eigenvalue weighted by atomic mass is 9.81. The Morgan fingerprint density at radius 1 is 1.18 bits per heavy atom. The molecule has 0 aromatic heterocycles. The van der Waals surface area contributed by atoms with Crippen LogP contribution in [0.25, 0.3) is 0 Å². The van der Waals surface area contributed by atoms with E-state index in [2.05, 4.69) is 36.2 Å². The molecule has 4 nitrogen and oxygen atoms in total. The van der Waals surface area contributed by atoms with E-state index >= 15 is 0 Å². The van der Waals surface area contributed by atoms with Crippen molar-refractivity contribution in [1.29, 1.82) is 0 Å². The number of anilines is 1. The van der Waals surface area contributed by atoms with Gasteiger partial charge in [0.25, 0.3) is 0 Å². The molecule has 0 saturated heterocycles. The second-order valence-corrected chi connectivity index (χ2v) is 5.81. The van der Waals surface area contributed by atoms with Gasteiger partial charge in [0.2, 0.25) is 5.91 Å². The molecule has 1 aromatic rings. The summed E-state index contributed by atoms with van der Waals surface area (Å²) in [5.74, 6) is 0.0278. The molecule has 22 heavy (non-hydrogen) atoms. The molecule has 0 aliphatic heterocycles. The Bertz CT molecular complexity index is 457. The molecule has 0 aliphatic rings. The van der Waals surface area contributed by atoms with Crippen molar-refractivity contribution < 1.29 is 4.79 Å². The molecule has 0 aliphatic carbocycles. The smallest absolute Gasteiger partial charge is 0.231 e. The molecule has 0 radical (unpaired) electrons. The van der Waals surface area contributed by atoms with Crippen molar-refractivity contribution in [3.8, 4) is 0 Å². The first kappa shape index (κ1) is 18.7. The van der Waals surface area contributed by atoms with Crippen LogP contribution in [0.2, 0.25) is 0 Å². The highest BCUT2D eigenvalue weighted by atomic mass is 16.2.